The molecule has 32 heavy (non-hydrogen) atoms. The van der Waals surface area contributed by atoms with Crippen LogP contribution in [0.5, 0.6) is 0 Å². The SMILES string of the molecule is O=C(NC1CCC(Nc2cc(N3CCOCC3)cc3nccnc23)CC1)OC1CCOC1. The van der Waals surface area contributed by atoms with Gasteiger partial charge in [-0.05, 0) is 37.8 Å². The number of alkyl carbamates (subject to hydrolysis) is 1. The van der Waals surface area contributed by atoms with Crippen LogP contribution in [0, 0.1) is 0 Å². The highest BCUT2D eigenvalue weighted by atomic mass is 16.6. The number of anilines is 2. The highest BCUT2D eigenvalue weighted by Gasteiger charge is 2.26. The molecule has 1 aromatic heterocycles. The zero-order valence-electron chi connectivity index (χ0n) is 18.3. The standard InChI is InChI=1S/C23H31N5O4/c29-23(32-19-5-10-31-15-19)27-17-3-1-16(2-4-17)26-21-14-18(28-8-11-30-12-9-28)13-20-22(21)25-7-6-24-20/h6-7,13-14,16-17,19,26H,1-5,8-12,15H2,(H,27,29). The van der Waals surface area contributed by atoms with E-state index in [1.807, 2.05) is 0 Å². The van der Waals surface area contributed by atoms with Crippen molar-refractivity contribution >= 4 is 28.5 Å². The predicted molar refractivity (Wildman–Crippen MR) is 121 cm³/mol. The third kappa shape index (κ3) is 5.05. The third-order valence-electron chi connectivity index (χ3n) is 6.51. The Kier molecular flexibility index (Phi) is 6.54. The van der Waals surface area contributed by atoms with Crippen molar-refractivity contribution in [1.82, 2.24) is 15.3 Å². The normalized spacial score (nSPS) is 26.1. The minimum atomic E-state index is -0.323. The first kappa shape index (κ1) is 21.2. The average Bonchev–Trinajstić information content (AvgIpc) is 3.34. The zero-order valence-corrected chi connectivity index (χ0v) is 18.3. The van der Waals surface area contributed by atoms with E-state index in [1.54, 1.807) is 12.4 Å². The van der Waals surface area contributed by atoms with E-state index in [2.05, 4.69) is 37.6 Å². The number of aromatic nitrogens is 2. The largest absolute Gasteiger partial charge is 0.444 e. The summed E-state index contributed by atoms with van der Waals surface area (Å²) in [5, 5.41) is 6.74. The molecule has 0 spiro atoms. The van der Waals surface area contributed by atoms with E-state index in [4.69, 9.17) is 14.2 Å². The molecule has 0 bridgehead atoms. The molecular weight excluding hydrogens is 410 g/mol. The molecule has 172 valence electrons. The van der Waals surface area contributed by atoms with E-state index in [0.29, 0.717) is 19.3 Å². The van der Waals surface area contributed by atoms with Gasteiger partial charge in [-0.15, -0.1) is 0 Å². The number of nitrogens with zero attached hydrogens (tertiary/aromatic N) is 3. The van der Waals surface area contributed by atoms with Gasteiger partial charge in [0.1, 0.15) is 11.6 Å². The third-order valence-corrected chi connectivity index (χ3v) is 6.51. The van der Waals surface area contributed by atoms with Crippen LogP contribution in [0.1, 0.15) is 32.1 Å². The smallest absolute Gasteiger partial charge is 0.407 e. The second kappa shape index (κ2) is 9.87. The van der Waals surface area contributed by atoms with Gasteiger partial charge in [-0.25, -0.2) is 4.79 Å². The van der Waals surface area contributed by atoms with E-state index in [-0.39, 0.29) is 18.2 Å². The first-order valence-corrected chi connectivity index (χ1v) is 11.6. The maximum Gasteiger partial charge on any atom is 0.407 e. The van der Waals surface area contributed by atoms with Gasteiger partial charge in [0.2, 0.25) is 0 Å². The Hall–Kier alpha value is -2.65. The molecule has 1 unspecified atom stereocenters. The van der Waals surface area contributed by atoms with Crippen LogP contribution in [0.2, 0.25) is 0 Å². The molecule has 2 N–H and O–H groups in total. The molecule has 1 aromatic carbocycles. The number of hydrogen-bond acceptors (Lipinski definition) is 8. The highest BCUT2D eigenvalue weighted by Crippen LogP contribution is 2.31. The summed E-state index contributed by atoms with van der Waals surface area (Å²) in [7, 11) is 0. The molecule has 2 aliphatic heterocycles. The van der Waals surface area contributed by atoms with Crippen LogP contribution >= 0.6 is 0 Å². The van der Waals surface area contributed by atoms with E-state index in [1.165, 1.54) is 0 Å². The molecule has 3 aliphatic rings. The maximum atomic E-state index is 12.1. The summed E-state index contributed by atoms with van der Waals surface area (Å²) in [6.45, 7) is 4.42. The molecule has 0 radical (unpaired) electrons. The van der Waals surface area contributed by atoms with E-state index < -0.39 is 0 Å². The van der Waals surface area contributed by atoms with Crippen molar-refractivity contribution in [2.75, 3.05) is 49.7 Å². The summed E-state index contributed by atoms with van der Waals surface area (Å²) in [6, 6.07) is 4.78. The first-order chi connectivity index (χ1) is 15.7. The first-order valence-electron chi connectivity index (χ1n) is 11.6. The molecule has 3 heterocycles. The lowest BCUT2D eigenvalue weighted by atomic mass is 9.91. The van der Waals surface area contributed by atoms with Crippen molar-refractivity contribution in [1.29, 1.82) is 0 Å². The van der Waals surface area contributed by atoms with Crippen LogP contribution in [0.4, 0.5) is 16.2 Å². The fraction of sp³-hybridized carbons (Fsp3) is 0.609. The Labute approximate surface area is 187 Å². The average molecular weight is 442 g/mol. The molecule has 2 aromatic rings. The zero-order chi connectivity index (χ0) is 21.8. The molecule has 9 heteroatoms. The fourth-order valence-electron chi connectivity index (χ4n) is 4.73. The predicted octanol–water partition coefficient (Wildman–Crippen LogP) is 2.70. The van der Waals surface area contributed by atoms with E-state index in [9.17, 15) is 4.79 Å². The Bertz CT molecular complexity index is 922. The number of fused-ring (bicyclic) bond motifs is 1. The van der Waals surface area contributed by atoms with Gasteiger partial charge in [0, 0.05) is 49.7 Å². The number of carbonyl (C=O) groups excluding carboxylic acids is 1. The molecule has 3 fully saturated rings. The summed E-state index contributed by atoms with van der Waals surface area (Å²) >= 11 is 0. The summed E-state index contributed by atoms with van der Waals surface area (Å²) in [4.78, 5) is 23.6. The lowest BCUT2D eigenvalue weighted by Gasteiger charge is -2.32. The minimum absolute atomic E-state index is 0.110. The van der Waals surface area contributed by atoms with Crippen LogP contribution < -0.4 is 15.5 Å². The number of carbonyl (C=O) groups is 1. The van der Waals surface area contributed by atoms with Gasteiger partial charge < -0.3 is 29.7 Å². The Morgan fingerprint density at radius 3 is 2.53 bits per heavy atom. The van der Waals surface area contributed by atoms with Crippen LogP contribution in [0.25, 0.3) is 11.0 Å². The van der Waals surface area contributed by atoms with Crippen LogP contribution in [-0.4, -0.2) is 73.8 Å². The lowest BCUT2D eigenvalue weighted by Crippen LogP contribution is -2.41. The summed E-state index contributed by atoms with van der Waals surface area (Å²) in [5.74, 6) is 0. The van der Waals surface area contributed by atoms with Gasteiger partial charge in [-0.1, -0.05) is 0 Å². The van der Waals surface area contributed by atoms with Crippen LogP contribution in [-0.2, 0) is 14.2 Å². The monoisotopic (exact) mass is 441 g/mol. The van der Waals surface area contributed by atoms with Crippen molar-refractivity contribution in [3.63, 3.8) is 0 Å². The van der Waals surface area contributed by atoms with E-state index >= 15 is 0 Å². The van der Waals surface area contributed by atoms with Gasteiger partial charge in [-0.2, -0.15) is 0 Å². The molecule has 2 saturated heterocycles. The molecule has 5 rings (SSSR count). The number of hydrogen-bond donors (Lipinski definition) is 2. The van der Waals surface area contributed by atoms with Crippen molar-refractivity contribution in [2.24, 2.45) is 0 Å². The fourth-order valence-corrected chi connectivity index (χ4v) is 4.73. The molecule has 1 saturated carbocycles. The molecule has 1 amide bonds. The Balaban J connectivity index is 1.20. The van der Waals surface area contributed by atoms with Crippen molar-refractivity contribution in [3.05, 3.63) is 24.5 Å². The number of ether oxygens (including phenoxy) is 3. The number of amides is 1. The number of morpholine rings is 1. The van der Waals surface area contributed by atoms with Gasteiger partial charge in [0.15, 0.2) is 0 Å². The summed E-state index contributed by atoms with van der Waals surface area (Å²) < 4.78 is 16.2. The molecular formula is C23H31N5O4. The minimum Gasteiger partial charge on any atom is -0.444 e. The summed E-state index contributed by atoms with van der Waals surface area (Å²) in [6.07, 6.45) is 7.61. The van der Waals surface area contributed by atoms with Crippen LogP contribution in [0.15, 0.2) is 24.5 Å². The number of benzene rings is 1. The second-order valence-electron chi connectivity index (χ2n) is 8.74. The quantitative estimate of drug-likeness (QED) is 0.731. The van der Waals surface area contributed by atoms with Gasteiger partial charge >= 0.3 is 6.09 Å². The number of rotatable bonds is 5. The van der Waals surface area contributed by atoms with Crippen LogP contribution in [0.3, 0.4) is 0 Å². The number of nitrogens with one attached hydrogen (secondary N) is 2. The maximum absolute atomic E-state index is 12.1. The van der Waals surface area contributed by atoms with Gasteiger partial charge in [0.05, 0.1) is 37.6 Å². The van der Waals surface area contributed by atoms with Crippen molar-refractivity contribution in [3.8, 4) is 0 Å². The molecule has 1 atom stereocenters. The van der Waals surface area contributed by atoms with Crippen molar-refractivity contribution in [2.45, 2.75) is 50.3 Å². The highest BCUT2D eigenvalue weighted by molar-refractivity contribution is 5.91. The Morgan fingerprint density at radius 1 is 0.969 bits per heavy atom. The van der Waals surface area contributed by atoms with Gasteiger partial charge in [0.25, 0.3) is 0 Å². The topological polar surface area (TPSA) is 97.8 Å². The summed E-state index contributed by atoms with van der Waals surface area (Å²) in [5.41, 5.74) is 3.96. The second-order valence-corrected chi connectivity index (χ2v) is 8.74. The molecule has 1 aliphatic carbocycles. The van der Waals surface area contributed by atoms with Gasteiger partial charge in [-0.3, -0.25) is 9.97 Å². The van der Waals surface area contributed by atoms with E-state index in [0.717, 1.165) is 80.8 Å². The van der Waals surface area contributed by atoms with Crippen molar-refractivity contribution < 1.29 is 19.0 Å². The molecule has 9 nitrogen and oxygen atoms in total. The Morgan fingerprint density at radius 2 is 1.75 bits per heavy atom. The lowest BCUT2D eigenvalue weighted by molar-refractivity contribution is 0.0794.